The lowest BCUT2D eigenvalue weighted by Crippen LogP contribution is -2.30. The van der Waals surface area contributed by atoms with Crippen LogP contribution in [0.2, 0.25) is 5.02 Å². The molecule has 0 aliphatic heterocycles. The van der Waals surface area contributed by atoms with Gasteiger partial charge in [0.2, 0.25) is 0 Å². The van der Waals surface area contributed by atoms with Gasteiger partial charge in [0.05, 0.1) is 22.3 Å². The van der Waals surface area contributed by atoms with Crippen LogP contribution in [0.1, 0.15) is 11.1 Å². The van der Waals surface area contributed by atoms with Gasteiger partial charge >= 0.3 is 0 Å². The molecule has 0 aromatic heterocycles. The number of rotatable bonds is 5. The molecule has 6 heteroatoms. The number of hydrogen-bond donors (Lipinski definition) is 2. The van der Waals surface area contributed by atoms with Gasteiger partial charge < -0.3 is 15.4 Å². The van der Waals surface area contributed by atoms with E-state index in [1.807, 2.05) is 43.3 Å². The van der Waals surface area contributed by atoms with Gasteiger partial charge in [0, 0.05) is 6.54 Å². The average Bonchev–Trinajstić information content (AvgIpc) is 2.50. The number of ether oxygens (including phenoxy) is 1. The van der Waals surface area contributed by atoms with Crippen LogP contribution in [0.25, 0.3) is 0 Å². The fraction of sp³-hybridized carbons (Fsp3) is 0.235. The Balaban J connectivity index is 1.84. The van der Waals surface area contributed by atoms with E-state index in [1.165, 1.54) is 5.56 Å². The Morgan fingerprint density at radius 2 is 2.04 bits per heavy atom. The Kier molecular flexibility index (Phi) is 6.69. The second-order valence-electron chi connectivity index (χ2n) is 5.08. The number of benzene rings is 2. The van der Waals surface area contributed by atoms with E-state index in [0.29, 0.717) is 10.1 Å². The Hall–Kier alpha value is -1.30. The topological polar surface area (TPSA) is 33.3 Å². The highest BCUT2D eigenvalue weighted by Gasteiger charge is 2.04. The maximum Gasteiger partial charge on any atom is 0.170 e. The largest absolute Gasteiger partial charge is 0.496 e. The molecule has 0 atom stereocenters. The van der Waals surface area contributed by atoms with Crippen molar-refractivity contribution in [3.63, 3.8) is 0 Å². The Morgan fingerprint density at radius 3 is 2.70 bits per heavy atom. The molecule has 3 nitrogen and oxygen atoms in total. The zero-order chi connectivity index (χ0) is 16.8. The van der Waals surface area contributed by atoms with Gasteiger partial charge in [-0.1, -0.05) is 23.7 Å². The molecule has 2 rings (SSSR count). The van der Waals surface area contributed by atoms with Gasteiger partial charge in [0.25, 0.3) is 0 Å². The molecule has 2 aromatic rings. The lowest BCUT2D eigenvalue weighted by molar-refractivity contribution is 0.412. The van der Waals surface area contributed by atoms with Crippen LogP contribution < -0.4 is 15.4 Å². The van der Waals surface area contributed by atoms with Gasteiger partial charge in [-0.15, -0.1) is 0 Å². The zero-order valence-electron chi connectivity index (χ0n) is 13.0. The van der Waals surface area contributed by atoms with Crippen LogP contribution in [0.3, 0.4) is 0 Å². The molecule has 0 aliphatic rings. The van der Waals surface area contributed by atoms with Gasteiger partial charge in [-0.25, -0.2) is 0 Å². The molecule has 0 fully saturated rings. The van der Waals surface area contributed by atoms with Gasteiger partial charge in [-0.2, -0.15) is 0 Å². The SMILES string of the molecule is COc1ccc(CCNC(=S)Nc2ccc(C)cc2Cl)cc1Br. The molecule has 2 aromatic carbocycles. The molecule has 0 unspecified atom stereocenters. The first-order valence-corrected chi connectivity index (χ1v) is 8.71. The number of halogens is 2. The smallest absolute Gasteiger partial charge is 0.170 e. The first-order valence-electron chi connectivity index (χ1n) is 7.13. The summed E-state index contributed by atoms with van der Waals surface area (Å²) in [6.45, 7) is 2.73. The molecule has 0 spiro atoms. The Bertz CT molecular complexity index is 709. The van der Waals surface area contributed by atoms with E-state index in [2.05, 4.69) is 26.6 Å². The van der Waals surface area contributed by atoms with Crippen LogP contribution in [-0.4, -0.2) is 18.8 Å². The predicted octanol–water partition coefficient (Wildman–Crippen LogP) is 4.95. The maximum absolute atomic E-state index is 6.18. The van der Waals surface area contributed by atoms with Crippen molar-refractivity contribution in [1.29, 1.82) is 0 Å². The second kappa shape index (κ2) is 8.52. The van der Waals surface area contributed by atoms with Crippen molar-refractivity contribution in [2.75, 3.05) is 19.0 Å². The maximum atomic E-state index is 6.18. The third kappa shape index (κ3) is 5.37. The lowest BCUT2D eigenvalue weighted by Gasteiger charge is -2.12. The summed E-state index contributed by atoms with van der Waals surface area (Å²) in [5, 5.41) is 7.52. The summed E-state index contributed by atoms with van der Waals surface area (Å²) < 4.78 is 6.17. The number of aryl methyl sites for hydroxylation is 1. The highest BCUT2D eigenvalue weighted by molar-refractivity contribution is 9.10. The minimum absolute atomic E-state index is 0.559. The molecule has 0 heterocycles. The van der Waals surface area contributed by atoms with Crippen LogP contribution in [0.5, 0.6) is 5.75 Å². The minimum Gasteiger partial charge on any atom is -0.496 e. The van der Waals surface area contributed by atoms with E-state index < -0.39 is 0 Å². The predicted molar refractivity (Wildman–Crippen MR) is 105 cm³/mol. The van der Waals surface area contributed by atoms with Crippen LogP contribution in [0, 0.1) is 6.92 Å². The Morgan fingerprint density at radius 1 is 1.26 bits per heavy atom. The van der Waals surface area contributed by atoms with Gasteiger partial charge in [-0.05, 0) is 76.9 Å². The molecule has 0 radical (unpaired) electrons. The van der Waals surface area contributed by atoms with E-state index in [0.717, 1.165) is 34.4 Å². The summed E-state index contributed by atoms with van der Waals surface area (Å²) in [7, 11) is 1.65. The molecular formula is C17H18BrClN2OS. The van der Waals surface area contributed by atoms with E-state index in [1.54, 1.807) is 7.11 Å². The monoisotopic (exact) mass is 412 g/mol. The van der Waals surface area contributed by atoms with Crippen molar-refractivity contribution in [1.82, 2.24) is 5.32 Å². The van der Waals surface area contributed by atoms with E-state index in [-0.39, 0.29) is 0 Å². The van der Waals surface area contributed by atoms with Gasteiger partial charge in [0.15, 0.2) is 5.11 Å². The second-order valence-corrected chi connectivity index (χ2v) is 6.75. The Labute approximate surface area is 155 Å². The number of thiocarbonyl (C=S) groups is 1. The molecule has 0 saturated carbocycles. The molecule has 0 amide bonds. The van der Waals surface area contributed by atoms with Gasteiger partial charge in [-0.3, -0.25) is 0 Å². The van der Waals surface area contributed by atoms with E-state index in [4.69, 9.17) is 28.6 Å². The lowest BCUT2D eigenvalue weighted by atomic mass is 10.1. The van der Waals surface area contributed by atoms with Crippen molar-refractivity contribution in [2.45, 2.75) is 13.3 Å². The summed E-state index contributed by atoms with van der Waals surface area (Å²) >= 11 is 15.0. The quantitative estimate of drug-likeness (QED) is 0.680. The van der Waals surface area contributed by atoms with Crippen molar-refractivity contribution in [2.24, 2.45) is 0 Å². The first-order chi connectivity index (χ1) is 11.0. The average molecular weight is 414 g/mol. The third-order valence-corrected chi connectivity index (χ3v) is 4.47. The van der Waals surface area contributed by atoms with Crippen LogP contribution in [0.4, 0.5) is 5.69 Å². The summed E-state index contributed by atoms with van der Waals surface area (Å²) in [5.41, 5.74) is 3.12. The van der Waals surface area contributed by atoms with E-state index in [9.17, 15) is 0 Å². The number of methoxy groups -OCH3 is 1. The van der Waals surface area contributed by atoms with E-state index >= 15 is 0 Å². The molecule has 23 heavy (non-hydrogen) atoms. The number of nitrogens with one attached hydrogen (secondary N) is 2. The molecule has 0 aliphatic carbocycles. The highest BCUT2D eigenvalue weighted by Crippen LogP contribution is 2.25. The summed E-state index contributed by atoms with van der Waals surface area (Å²) in [6.07, 6.45) is 0.853. The third-order valence-electron chi connectivity index (χ3n) is 3.29. The molecule has 0 saturated heterocycles. The van der Waals surface area contributed by atoms with Crippen molar-refractivity contribution in [3.05, 3.63) is 57.0 Å². The standard InChI is InChI=1S/C17H18BrClN2OS/c1-11-3-5-15(14(19)9-11)21-17(23)20-8-7-12-4-6-16(22-2)13(18)10-12/h3-6,9-10H,7-8H2,1-2H3,(H2,20,21,23). The zero-order valence-corrected chi connectivity index (χ0v) is 16.1. The van der Waals surface area contributed by atoms with Crippen molar-refractivity contribution in [3.8, 4) is 5.75 Å². The fourth-order valence-corrected chi connectivity index (χ4v) is 3.16. The van der Waals surface area contributed by atoms with Crippen molar-refractivity contribution < 1.29 is 4.74 Å². The molecule has 0 bridgehead atoms. The number of hydrogen-bond acceptors (Lipinski definition) is 2. The summed E-state index contributed by atoms with van der Waals surface area (Å²) in [6, 6.07) is 11.9. The molecule has 2 N–H and O–H groups in total. The fourth-order valence-electron chi connectivity index (χ4n) is 2.07. The van der Waals surface area contributed by atoms with Crippen LogP contribution >= 0.6 is 39.7 Å². The molecular weight excluding hydrogens is 396 g/mol. The minimum atomic E-state index is 0.559. The van der Waals surface area contributed by atoms with Crippen LogP contribution in [0.15, 0.2) is 40.9 Å². The summed E-state index contributed by atoms with van der Waals surface area (Å²) in [5.74, 6) is 0.827. The number of anilines is 1. The highest BCUT2D eigenvalue weighted by atomic mass is 79.9. The summed E-state index contributed by atoms with van der Waals surface area (Å²) in [4.78, 5) is 0. The van der Waals surface area contributed by atoms with Crippen LogP contribution in [-0.2, 0) is 6.42 Å². The van der Waals surface area contributed by atoms with Gasteiger partial charge in [0.1, 0.15) is 5.75 Å². The van der Waals surface area contributed by atoms with Crippen molar-refractivity contribution >= 4 is 50.5 Å². The normalized spacial score (nSPS) is 10.3. The molecule has 122 valence electrons. The first kappa shape index (κ1) is 18.0.